The van der Waals surface area contributed by atoms with E-state index in [0.717, 1.165) is 19.3 Å². The Hall–Kier alpha value is -1.26. The summed E-state index contributed by atoms with van der Waals surface area (Å²) in [7, 11) is 0. The lowest BCUT2D eigenvalue weighted by molar-refractivity contribution is -0.174. The van der Waals surface area contributed by atoms with Crippen LogP contribution in [0.25, 0.3) is 0 Å². The summed E-state index contributed by atoms with van der Waals surface area (Å²) >= 11 is 0. The number of hydrogen-bond donors (Lipinski definition) is 0. The summed E-state index contributed by atoms with van der Waals surface area (Å²) in [6.45, 7) is 2.38. The van der Waals surface area contributed by atoms with Gasteiger partial charge in [-0.05, 0) is 50.5 Å². The number of benzene rings is 1. The lowest BCUT2D eigenvalue weighted by Gasteiger charge is -2.25. The molecule has 0 spiro atoms. The molecule has 1 aliphatic heterocycles. The van der Waals surface area contributed by atoms with Crippen molar-refractivity contribution in [3.63, 3.8) is 0 Å². The van der Waals surface area contributed by atoms with Crippen LogP contribution < -0.4 is 0 Å². The van der Waals surface area contributed by atoms with E-state index in [-0.39, 0.29) is 17.9 Å². The molecule has 0 aliphatic carbocycles. The van der Waals surface area contributed by atoms with Crippen molar-refractivity contribution in [2.24, 2.45) is 0 Å². The molecule has 2 atom stereocenters. The summed E-state index contributed by atoms with van der Waals surface area (Å²) in [5.74, 6) is -0.500. The summed E-state index contributed by atoms with van der Waals surface area (Å²) in [6.07, 6.45) is 2.06. The second-order valence-electron chi connectivity index (χ2n) is 4.45. The van der Waals surface area contributed by atoms with E-state index < -0.39 is 6.10 Å². The highest BCUT2D eigenvalue weighted by molar-refractivity contribution is 5.99. The van der Waals surface area contributed by atoms with Gasteiger partial charge in [0.05, 0.1) is 0 Å². The minimum atomic E-state index is -0.571. The maximum Gasteiger partial charge on any atom is 0.191 e. The highest BCUT2D eigenvalue weighted by atomic mass is 19.1. The van der Waals surface area contributed by atoms with Gasteiger partial charge in [-0.25, -0.2) is 4.39 Å². The van der Waals surface area contributed by atoms with Crippen LogP contribution in [0.1, 0.15) is 36.5 Å². The fraction of sp³-hybridized carbons (Fsp3) is 0.500. The average Bonchev–Trinajstić information content (AvgIpc) is 2.40. The third-order valence-corrected chi connectivity index (χ3v) is 2.99. The molecule has 0 N–H and O–H groups in total. The zero-order valence-corrected chi connectivity index (χ0v) is 10.4. The monoisotopic (exact) mass is 252 g/mol. The van der Waals surface area contributed by atoms with Crippen LogP contribution >= 0.6 is 0 Å². The molecule has 0 radical (unpaired) electrons. The van der Waals surface area contributed by atoms with Gasteiger partial charge in [-0.15, -0.1) is 0 Å². The first-order chi connectivity index (χ1) is 8.66. The lowest BCUT2D eigenvalue weighted by atomic mass is 10.1. The third kappa shape index (κ3) is 3.37. The van der Waals surface area contributed by atoms with Gasteiger partial charge in [0.15, 0.2) is 12.1 Å². The smallest absolute Gasteiger partial charge is 0.191 e. The molecule has 18 heavy (non-hydrogen) atoms. The summed E-state index contributed by atoms with van der Waals surface area (Å²) in [6, 6.07) is 5.49. The maximum atomic E-state index is 12.8. The first-order valence-corrected chi connectivity index (χ1v) is 6.23. The number of rotatable bonds is 4. The highest BCUT2D eigenvalue weighted by Crippen LogP contribution is 2.17. The molecule has 1 aromatic rings. The minimum Gasteiger partial charge on any atom is -0.353 e. The molecule has 1 saturated heterocycles. The number of halogens is 1. The average molecular weight is 252 g/mol. The van der Waals surface area contributed by atoms with E-state index in [0.29, 0.717) is 12.2 Å². The van der Waals surface area contributed by atoms with Gasteiger partial charge in [-0.1, -0.05) is 0 Å². The molecular weight excluding hydrogens is 235 g/mol. The molecule has 2 rings (SSSR count). The normalized spacial score (nSPS) is 21.6. The molecule has 0 bridgehead atoms. The minimum absolute atomic E-state index is 0.149. The predicted molar refractivity (Wildman–Crippen MR) is 64.9 cm³/mol. The molecule has 0 amide bonds. The van der Waals surface area contributed by atoms with Crippen molar-refractivity contribution < 1.29 is 18.7 Å². The van der Waals surface area contributed by atoms with E-state index in [9.17, 15) is 9.18 Å². The van der Waals surface area contributed by atoms with Crippen molar-refractivity contribution in [3.05, 3.63) is 35.6 Å². The Labute approximate surface area is 106 Å². The summed E-state index contributed by atoms with van der Waals surface area (Å²) in [5, 5.41) is 0. The van der Waals surface area contributed by atoms with Crippen molar-refractivity contribution in [2.45, 2.75) is 38.6 Å². The van der Waals surface area contributed by atoms with Gasteiger partial charge in [0.25, 0.3) is 0 Å². The molecule has 4 heteroatoms. The lowest BCUT2D eigenvalue weighted by Crippen LogP contribution is -2.31. The molecule has 1 heterocycles. The topological polar surface area (TPSA) is 35.5 Å². The Kier molecular flexibility index (Phi) is 4.44. The summed E-state index contributed by atoms with van der Waals surface area (Å²) < 4.78 is 23.8. The molecule has 1 aliphatic rings. The summed E-state index contributed by atoms with van der Waals surface area (Å²) in [5.41, 5.74) is 0.458. The van der Waals surface area contributed by atoms with Crippen LogP contribution in [-0.4, -0.2) is 24.8 Å². The van der Waals surface area contributed by atoms with Gasteiger partial charge < -0.3 is 9.47 Å². The van der Waals surface area contributed by atoms with Gasteiger partial charge >= 0.3 is 0 Å². The van der Waals surface area contributed by atoms with Crippen LogP contribution in [0.2, 0.25) is 0 Å². The number of carbonyl (C=O) groups is 1. The number of hydrogen-bond acceptors (Lipinski definition) is 3. The van der Waals surface area contributed by atoms with Crippen LogP contribution in [0, 0.1) is 5.82 Å². The van der Waals surface area contributed by atoms with E-state index in [1.807, 2.05) is 0 Å². The molecular formula is C14H17FO3. The zero-order valence-electron chi connectivity index (χ0n) is 10.4. The molecule has 98 valence electrons. The van der Waals surface area contributed by atoms with Crippen LogP contribution in [0.15, 0.2) is 24.3 Å². The number of ketones is 1. The van der Waals surface area contributed by atoms with E-state index in [1.54, 1.807) is 6.92 Å². The van der Waals surface area contributed by atoms with Gasteiger partial charge in [0.2, 0.25) is 0 Å². The molecule has 0 aromatic heterocycles. The van der Waals surface area contributed by atoms with Gasteiger partial charge in [-0.3, -0.25) is 4.79 Å². The van der Waals surface area contributed by atoms with Crippen LogP contribution in [0.4, 0.5) is 4.39 Å². The molecule has 1 unspecified atom stereocenters. The molecule has 0 saturated carbocycles. The molecule has 1 fully saturated rings. The first kappa shape index (κ1) is 13.2. The Morgan fingerprint density at radius 1 is 1.39 bits per heavy atom. The number of carbonyl (C=O) groups excluding carboxylic acids is 1. The van der Waals surface area contributed by atoms with Gasteiger partial charge in [0.1, 0.15) is 11.9 Å². The van der Waals surface area contributed by atoms with E-state index >= 15 is 0 Å². The van der Waals surface area contributed by atoms with Crippen molar-refractivity contribution in [3.8, 4) is 0 Å². The van der Waals surface area contributed by atoms with Crippen molar-refractivity contribution in [2.75, 3.05) is 6.61 Å². The fourth-order valence-corrected chi connectivity index (χ4v) is 1.96. The van der Waals surface area contributed by atoms with Crippen LogP contribution in [-0.2, 0) is 9.47 Å². The van der Waals surface area contributed by atoms with Gasteiger partial charge in [-0.2, -0.15) is 0 Å². The van der Waals surface area contributed by atoms with Crippen LogP contribution in [0.3, 0.4) is 0 Å². The Morgan fingerprint density at radius 2 is 2.11 bits per heavy atom. The Bertz CT molecular complexity index is 396. The van der Waals surface area contributed by atoms with E-state index in [4.69, 9.17) is 9.47 Å². The van der Waals surface area contributed by atoms with E-state index in [2.05, 4.69) is 0 Å². The Balaban J connectivity index is 1.93. The maximum absolute atomic E-state index is 12.8. The highest BCUT2D eigenvalue weighted by Gasteiger charge is 2.22. The van der Waals surface area contributed by atoms with E-state index in [1.165, 1.54) is 24.3 Å². The summed E-state index contributed by atoms with van der Waals surface area (Å²) in [4.78, 5) is 12.0. The third-order valence-electron chi connectivity index (χ3n) is 2.99. The second-order valence-corrected chi connectivity index (χ2v) is 4.45. The predicted octanol–water partition coefficient (Wildman–Crippen LogP) is 2.94. The largest absolute Gasteiger partial charge is 0.353 e. The molecule has 3 nitrogen and oxygen atoms in total. The zero-order chi connectivity index (χ0) is 13.0. The Morgan fingerprint density at radius 3 is 2.72 bits per heavy atom. The molecule has 1 aromatic carbocycles. The fourth-order valence-electron chi connectivity index (χ4n) is 1.96. The standard InChI is InChI=1S/C14H17FO3/c1-10(18-13-4-2-3-9-17-13)14(16)11-5-7-12(15)8-6-11/h5-8,10,13H,2-4,9H2,1H3/t10-,13?/m1/s1. The quantitative estimate of drug-likeness (QED) is 0.773. The van der Waals surface area contributed by atoms with Crippen molar-refractivity contribution in [1.29, 1.82) is 0 Å². The number of Topliss-reactive ketones (excluding diaryl/α,β-unsaturated/α-hetero) is 1. The number of ether oxygens (including phenoxy) is 2. The SMILES string of the molecule is C[C@@H](OC1CCCCO1)C(=O)c1ccc(F)cc1. The van der Waals surface area contributed by atoms with Crippen molar-refractivity contribution in [1.82, 2.24) is 0 Å². The van der Waals surface area contributed by atoms with Crippen molar-refractivity contribution >= 4 is 5.78 Å². The van der Waals surface area contributed by atoms with Crippen LogP contribution in [0.5, 0.6) is 0 Å². The second kappa shape index (κ2) is 6.07. The first-order valence-electron chi connectivity index (χ1n) is 6.23. The van der Waals surface area contributed by atoms with Gasteiger partial charge in [0, 0.05) is 12.2 Å².